The fourth-order valence-corrected chi connectivity index (χ4v) is 3.38. The third-order valence-corrected chi connectivity index (χ3v) is 4.59. The first-order chi connectivity index (χ1) is 9.69. The van der Waals surface area contributed by atoms with Gasteiger partial charge in [-0.2, -0.15) is 0 Å². The summed E-state index contributed by atoms with van der Waals surface area (Å²) in [5.74, 6) is 1.36. The van der Waals surface area contributed by atoms with Crippen LogP contribution in [0.25, 0.3) is 11.0 Å². The fourth-order valence-electron chi connectivity index (χ4n) is 3.01. The van der Waals surface area contributed by atoms with Crippen LogP contribution in [0.4, 0.5) is 0 Å². The van der Waals surface area contributed by atoms with E-state index in [0.29, 0.717) is 11.9 Å². The smallest absolute Gasteiger partial charge is 0.124 e. The second-order valence-corrected chi connectivity index (χ2v) is 6.20. The zero-order valence-electron chi connectivity index (χ0n) is 11.6. The van der Waals surface area contributed by atoms with E-state index in [0.717, 1.165) is 28.4 Å². The van der Waals surface area contributed by atoms with Crippen LogP contribution in [-0.2, 0) is 12.4 Å². The first-order valence-electron chi connectivity index (χ1n) is 7.13. The largest absolute Gasteiger partial charge is 0.325 e. The number of likely N-dealkylation sites (tertiary alicyclic amines) is 1. The Morgan fingerprint density at radius 2 is 2.05 bits per heavy atom. The van der Waals surface area contributed by atoms with Gasteiger partial charge in [0.25, 0.3) is 0 Å². The van der Waals surface area contributed by atoms with Gasteiger partial charge in [0.1, 0.15) is 5.82 Å². The fraction of sp³-hybridized carbons (Fsp3) is 0.533. The Morgan fingerprint density at radius 1 is 1.30 bits per heavy atom. The van der Waals surface area contributed by atoms with E-state index in [-0.39, 0.29) is 0 Å². The zero-order valence-corrected chi connectivity index (χ0v) is 13.2. The molecule has 0 saturated carbocycles. The topological polar surface area (TPSA) is 21.1 Å². The van der Waals surface area contributed by atoms with Gasteiger partial charge in [0.15, 0.2) is 0 Å². The van der Waals surface area contributed by atoms with Crippen molar-refractivity contribution in [3.63, 3.8) is 0 Å². The van der Waals surface area contributed by atoms with Crippen molar-refractivity contribution in [2.75, 3.05) is 13.1 Å². The van der Waals surface area contributed by atoms with E-state index in [1.165, 1.54) is 25.9 Å². The molecule has 20 heavy (non-hydrogen) atoms. The summed E-state index contributed by atoms with van der Waals surface area (Å²) in [6, 6.07) is 6.32. The minimum atomic E-state index is 0.430. The Balaban J connectivity index is 1.94. The summed E-state index contributed by atoms with van der Waals surface area (Å²) in [5.41, 5.74) is 2.05. The van der Waals surface area contributed by atoms with Gasteiger partial charge in [-0.1, -0.05) is 11.6 Å². The number of imidazole rings is 1. The SMILES string of the molecule is CC(Cn1c(CCl)nc2ccc(Cl)cc21)N1CCCC1. The first-order valence-corrected chi connectivity index (χ1v) is 8.05. The van der Waals surface area contributed by atoms with Crippen molar-refractivity contribution in [3.8, 4) is 0 Å². The highest BCUT2D eigenvalue weighted by molar-refractivity contribution is 6.31. The third-order valence-electron chi connectivity index (χ3n) is 4.12. The lowest BCUT2D eigenvalue weighted by Gasteiger charge is -2.25. The lowest BCUT2D eigenvalue weighted by atomic mass is 10.2. The number of nitrogens with zero attached hydrogens (tertiary/aromatic N) is 3. The Bertz CT molecular complexity index is 602. The lowest BCUT2D eigenvalue weighted by Crippen LogP contribution is -2.34. The molecule has 0 aliphatic carbocycles. The quantitative estimate of drug-likeness (QED) is 0.798. The van der Waals surface area contributed by atoms with Crippen LogP contribution in [0.15, 0.2) is 18.2 Å². The molecule has 108 valence electrons. The number of alkyl halides is 1. The van der Waals surface area contributed by atoms with Gasteiger partial charge in [-0.3, -0.25) is 4.90 Å². The van der Waals surface area contributed by atoms with Crippen LogP contribution in [0.1, 0.15) is 25.6 Å². The summed E-state index contributed by atoms with van der Waals surface area (Å²) >= 11 is 12.2. The van der Waals surface area contributed by atoms with Crippen LogP contribution in [0.2, 0.25) is 5.02 Å². The molecule has 0 N–H and O–H groups in total. The average Bonchev–Trinajstić information content (AvgIpc) is 3.07. The summed E-state index contributed by atoms with van der Waals surface area (Å²) in [4.78, 5) is 7.14. The van der Waals surface area contributed by atoms with Gasteiger partial charge >= 0.3 is 0 Å². The van der Waals surface area contributed by atoms with E-state index in [9.17, 15) is 0 Å². The molecule has 1 fully saturated rings. The summed E-state index contributed by atoms with van der Waals surface area (Å²) in [6.45, 7) is 5.59. The molecule has 1 saturated heterocycles. The number of hydrogen-bond acceptors (Lipinski definition) is 2. The van der Waals surface area contributed by atoms with Crippen molar-refractivity contribution < 1.29 is 0 Å². The summed E-state index contributed by atoms with van der Waals surface area (Å²) in [6.07, 6.45) is 2.62. The second kappa shape index (κ2) is 5.92. The van der Waals surface area contributed by atoms with Crippen LogP contribution >= 0.6 is 23.2 Å². The van der Waals surface area contributed by atoms with Gasteiger partial charge in [-0.15, -0.1) is 11.6 Å². The van der Waals surface area contributed by atoms with Gasteiger partial charge in [0.2, 0.25) is 0 Å². The van der Waals surface area contributed by atoms with Crippen LogP contribution in [0, 0.1) is 0 Å². The number of halogens is 2. The van der Waals surface area contributed by atoms with Crippen LogP contribution in [0.3, 0.4) is 0 Å². The monoisotopic (exact) mass is 311 g/mol. The van der Waals surface area contributed by atoms with Crippen molar-refractivity contribution in [2.24, 2.45) is 0 Å². The maximum Gasteiger partial charge on any atom is 0.124 e. The predicted octanol–water partition coefficient (Wildman–Crippen LogP) is 3.91. The number of hydrogen-bond donors (Lipinski definition) is 0. The van der Waals surface area contributed by atoms with Crippen molar-refractivity contribution >= 4 is 34.2 Å². The molecule has 3 rings (SSSR count). The highest BCUT2D eigenvalue weighted by Crippen LogP contribution is 2.23. The lowest BCUT2D eigenvalue weighted by molar-refractivity contribution is 0.236. The van der Waals surface area contributed by atoms with Gasteiger partial charge in [-0.25, -0.2) is 4.98 Å². The van der Waals surface area contributed by atoms with E-state index in [1.54, 1.807) is 0 Å². The number of fused-ring (bicyclic) bond motifs is 1. The second-order valence-electron chi connectivity index (χ2n) is 5.50. The summed E-state index contributed by atoms with van der Waals surface area (Å²) in [7, 11) is 0. The highest BCUT2D eigenvalue weighted by Gasteiger charge is 2.20. The van der Waals surface area contributed by atoms with Crippen LogP contribution in [-0.4, -0.2) is 33.6 Å². The predicted molar refractivity (Wildman–Crippen MR) is 84.6 cm³/mol. The highest BCUT2D eigenvalue weighted by atomic mass is 35.5. The van der Waals surface area contributed by atoms with E-state index in [1.807, 2.05) is 18.2 Å². The van der Waals surface area contributed by atoms with E-state index in [2.05, 4.69) is 21.4 Å². The van der Waals surface area contributed by atoms with E-state index >= 15 is 0 Å². The standard InChI is InChI=1S/C15H19Cl2N3/c1-11(19-6-2-3-7-19)10-20-14-8-12(17)4-5-13(14)18-15(20)9-16/h4-5,8,11H,2-3,6-7,9-10H2,1H3. The Morgan fingerprint density at radius 3 is 2.75 bits per heavy atom. The molecule has 1 aliphatic rings. The summed E-state index contributed by atoms with van der Waals surface area (Å²) < 4.78 is 2.22. The van der Waals surface area contributed by atoms with Gasteiger partial charge in [0, 0.05) is 17.6 Å². The van der Waals surface area contributed by atoms with Crippen LogP contribution in [0.5, 0.6) is 0 Å². The molecule has 0 radical (unpaired) electrons. The van der Waals surface area contributed by atoms with Crippen molar-refractivity contribution in [2.45, 2.75) is 38.2 Å². The minimum absolute atomic E-state index is 0.430. The Labute approximate surface area is 129 Å². The van der Waals surface area contributed by atoms with Gasteiger partial charge < -0.3 is 4.57 Å². The molecule has 1 aromatic heterocycles. The van der Waals surface area contributed by atoms with E-state index in [4.69, 9.17) is 23.2 Å². The van der Waals surface area contributed by atoms with E-state index < -0.39 is 0 Å². The van der Waals surface area contributed by atoms with Crippen molar-refractivity contribution in [3.05, 3.63) is 29.0 Å². The normalized spacial score (nSPS) is 17.9. The molecule has 1 aromatic carbocycles. The average molecular weight is 312 g/mol. The molecule has 1 atom stereocenters. The Hall–Kier alpha value is -0.770. The molecular weight excluding hydrogens is 293 g/mol. The molecule has 3 nitrogen and oxygen atoms in total. The number of aromatic nitrogens is 2. The molecule has 0 bridgehead atoms. The zero-order chi connectivity index (χ0) is 14.1. The van der Waals surface area contributed by atoms with Gasteiger partial charge in [0.05, 0.1) is 16.9 Å². The van der Waals surface area contributed by atoms with Gasteiger partial charge in [-0.05, 0) is 51.1 Å². The van der Waals surface area contributed by atoms with Crippen molar-refractivity contribution in [1.82, 2.24) is 14.5 Å². The maximum atomic E-state index is 6.12. The third kappa shape index (κ3) is 2.67. The number of rotatable bonds is 4. The van der Waals surface area contributed by atoms with Crippen molar-refractivity contribution in [1.29, 1.82) is 0 Å². The maximum absolute atomic E-state index is 6.12. The Kier molecular flexibility index (Phi) is 4.20. The summed E-state index contributed by atoms with van der Waals surface area (Å²) in [5, 5.41) is 0.744. The molecule has 2 aromatic rings. The molecular formula is C15H19Cl2N3. The molecule has 0 spiro atoms. The molecule has 1 aliphatic heterocycles. The number of benzene rings is 1. The molecule has 0 amide bonds. The van der Waals surface area contributed by atoms with Crippen LogP contribution < -0.4 is 0 Å². The first kappa shape index (κ1) is 14.2. The molecule has 1 unspecified atom stereocenters. The molecule has 5 heteroatoms. The minimum Gasteiger partial charge on any atom is -0.325 e. The molecule has 2 heterocycles.